The van der Waals surface area contributed by atoms with E-state index in [1.165, 1.54) is 4.90 Å². The quantitative estimate of drug-likeness (QED) is 0.843. The second-order valence-electron chi connectivity index (χ2n) is 4.84. The predicted octanol–water partition coefficient (Wildman–Crippen LogP) is 2.16. The molecular weight excluding hydrogens is 242 g/mol. The van der Waals surface area contributed by atoms with E-state index in [1.807, 2.05) is 19.1 Å². The normalized spacial score (nSPS) is 20.4. The molecule has 1 amide bonds. The van der Waals surface area contributed by atoms with Gasteiger partial charge in [-0.25, -0.2) is 4.79 Å². The molecule has 0 saturated carbocycles. The van der Waals surface area contributed by atoms with Crippen LogP contribution in [-0.4, -0.2) is 28.4 Å². The molecular formula is C15H17NO3. The van der Waals surface area contributed by atoms with Crippen LogP contribution < -0.4 is 0 Å². The fraction of sp³-hybridized carbons (Fsp3) is 0.333. The van der Waals surface area contributed by atoms with E-state index in [0.29, 0.717) is 18.5 Å². The van der Waals surface area contributed by atoms with Crippen molar-refractivity contribution in [1.29, 1.82) is 0 Å². The van der Waals surface area contributed by atoms with Gasteiger partial charge in [-0.05, 0) is 18.1 Å². The maximum absolute atomic E-state index is 12.0. The molecule has 1 N–H and O–H groups in total. The summed E-state index contributed by atoms with van der Waals surface area (Å²) in [5.74, 6) is -1.08. The van der Waals surface area contributed by atoms with Gasteiger partial charge in [0.1, 0.15) is 0 Å². The number of benzene rings is 1. The van der Waals surface area contributed by atoms with Crippen LogP contribution in [0.1, 0.15) is 23.6 Å². The fourth-order valence-electron chi connectivity index (χ4n) is 2.50. The Morgan fingerprint density at radius 2 is 2.21 bits per heavy atom. The highest BCUT2D eigenvalue weighted by atomic mass is 16.4. The second-order valence-corrected chi connectivity index (χ2v) is 4.84. The standard InChI is InChI=1S/C15H17NO3/c1-3-11-8-13(17)16(9-11)14(15(18)19)12-7-5-4-6-10(12)2/h3-7,11,14H,1,8-9H2,2H3,(H,18,19). The van der Waals surface area contributed by atoms with E-state index >= 15 is 0 Å². The number of carboxylic acids is 1. The number of amides is 1. The highest BCUT2D eigenvalue weighted by Crippen LogP contribution is 2.30. The lowest BCUT2D eigenvalue weighted by Gasteiger charge is -2.26. The van der Waals surface area contributed by atoms with Crippen LogP contribution in [-0.2, 0) is 9.59 Å². The summed E-state index contributed by atoms with van der Waals surface area (Å²) in [4.78, 5) is 25.0. The van der Waals surface area contributed by atoms with Crippen molar-refractivity contribution in [3.05, 3.63) is 48.0 Å². The first-order valence-electron chi connectivity index (χ1n) is 6.25. The minimum Gasteiger partial charge on any atom is -0.479 e. The van der Waals surface area contributed by atoms with E-state index < -0.39 is 12.0 Å². The number of aliphatic carboxylic acids is 1. The Bertz CT molecular complexity index is 524. The lowest BCUT2D eigenvalue weighted by atomic mass is 10.00. The Kier molecular flexibility index (Phi) is 3.69. The maximum Gasteiger partial charge on any atom is 0.331 e. The molecule has 4 nitrogen and oxygen atoms in total. The zero-order chi connectivity index (χ0) is 14.0. The third-order valence-corrected chi connectivity index (χ3v) is 3.55. The average Bonchev–Trinajstić information content (AvgIpc) is 2.73. The summed E-state index contributed by atoms with van der Waals surface area (Å²) in [5, 5.41) is 9.47. The maximum atomic E-state index is 12.0. The van der Waals surface area contributed by atoms with E-state index in [4.69, 9.17) is 0 Å². The smallest absolute Gasteiger partial charge is 0.331 e. The van der Waals surface area contributed by atoms with Gasteiger partial charge in [0.05, 0.1) is 0 Å². The van der Waals surface area contributed by atoms with E-state index in [0.717, 1.165) is 5.56 Å². The van der Waals surface area contributed by atoms with E-state index in [1.54, 1.807) is 18.2 Å². The van der Waals surface area contributed by atoms with Gasteiger partial charge in [-0.2, -0.15) is 0 Å². The Hall–Kier alpha value is -2.10. The first-order chi connectivity index (χ1) is 9.04. The zero-order valence-corrected chi connectivity index (χ0v) is 10.9. The molecule has 1 aromatic carbocycles. The van der Waals surface area contributed by atoms with Crippen molar-refractivity contribution in [2.75, 3.05) is 6.54 Å². The number of nitrogens with zero attached hydrogens (tertiary/aromatic N) is 1. The molecule has 4 heteroatoms. The van der Waals surface area contributed by atoms with Gasteiger partial charge in [0.15, 0.2) is 6.04 Å². The summed E-state index contributed by atoms with van der Waals surface area (Å²) in [5.41, 5.74) is 1.55. The molecule has 1 aliphatic rings. The molecule has 2 atom stereocenters. The number of hydrogen-bond donors (Lipinski definition) is 1. The number of carboxylic acid groups (broad SMARTS) is 1. The third-order valence-electron chi connectivity index (χ3n) is 3.55. The SMILES string of the molecule is C=CC1CC(=O)N(C(C(=O)O)c2ccccc2C)C1. The number of rotatable bonds is 4. The monoisotopic (exact) mass is 259 g/mol. The van der Waals surface area contributed by atoms with Gasteiger partial charge in [-0.15, -0.1) is 6.58 Å². The van der Waals surface area contributed by atoms with Gasteiger partial charge in [0, 0.05) is 18.9 Å². The molecule has 0 radical (unpaired) electrons. The van der Waals surface area contributed by atoms with Gasteiger partial charge in [0.25, 0.3) is 0 Å². The van der Waals surface area contributed by atoms with Crippen molar-refractivity contribution in [2.24, 2.45) is 5.92 Å². The van der Waals surface area contributed by atoms with Gasteiger partial charge >= 0.3 is 5.97 Å². The molecule has 1 aliphatic heterocycles. The van der Waals surface area contributed by atoms with Crippen molar-refractivity contribution >= 4 is 11.9 Å². The van der Waals surface area contributed by atoms with Crippen LogP contribution >= 0.6 is 0 Å². The minimum atomic E-state index is -0.993. The molecule has 1 fully saturated rings. The van der Waals surface area contributed by atoms with E-state index in [9.17, 15) is 14.7 Å². The van der Waals surface area contributed by atoms with Crippen LogP contribution in [0.2, 0.25) is 0 Å². The van der Waals surface area contributed by atoms with Crippen molar-refractivity contribution in [3.8, 4) is 0 Å². The van der Waals surface area contributed by atoms with Crippen LogP contribution in [0.15, 0.2) is 36.9 Å². The largest absolute Gasteiger partial charge is 0.479 e. The fourth-order valence-corrected chi connectivity index (χ4v) is 2.50. The number of aryl methyl sites for hydroxylation is 1. The summed E-state index contributed by atoms with van der Waals surface area (Å²) in [7, 11) is 0. The Morgan fingerprint density at radius 3 is 2.74 bits per heavy atom. The third kappa shape index (κ3) is 2.52. The summed E-state index contributed by atoms with van der Waals surface area (Å²) < 4.78 is 0. The van der Waals surface area contributed by atoms with Crippen LogP contribution in [0, 0.1) is 12.8 Å². The molecule has 1 heterocycles. The molecule has 0 spiro atoms. The molecule has 19 heavy (non-hydrogen) atoms. The first kappa shape index (κ1) is 13.3. The molecule has 2 unspecified atom stereocenters. The molecule has 0 aromatic heterocycles. The van der Waals surface area contributed by atoms with Crippen LogP contribution in [0.5, 0.6) is 0 Å². The molecule has 0 bridgehead atoms. The van der Waals surface area contributed by atoms with Gasteiger partial charge in [-0.3, -0.25) is 4.79 Å². The number of carbonyl (C=O) groups excluding carboxylic acids is 1. The lowest BCUT2D eigenvalue weighted by Crippen LogP contribution is -2.35. The number of likely N-dealkylation sites (tertiary alicyclic amines) is 1. The Balaban J connectivity index is 2.37. The second kappa shape index (κ2) is 5.26. The Morgan fingerprint density at radius 1 is 1.53 bits per heavy atom. The van der Waals surface area contributed by atoms with Crippen LogP contribution in [0.4, 0.5) is 0 Å². The van der Waals surface area contributed by atoms with E-state index in [-0.39, 0.29) is 11.8 Å². The minimum absolute atomic E-state index is 0.0402. The highest BCUT2D eigenvalue weighted by molar-refractivity contribution is 5.86. The molecule has 1 aromatic rings. The van der Waals surface area contributed by atoms with Gasteiger partial charge in [0.2, 0.25) is 5.91 Å². The number of carbonyl (C=O) groups is 2. The van der Waals surface area contributed by atoms with Crippen molar-refractivity contribution in [3.63, 3.8) is 0 Å². The average molecular weight is 259 g/mol. The summed E-state index contributed by atoms with van der Waals surface area (Å²) >= 11 is 0. The topological polar surface area (TPSA) is 57.6 Å². The van der Waals surface area contributed by atoms with Crippen molar-refractivity contribution < 1.29 is 14.7 Å². The van der Waals surface area contributed by atoms with Gasteiger partial charge < -0.3 is 10.0 Å². The molecule has 2 rings (SSSR count). The lowest BCUT2D eigenvalue weighted by molar-refractivity contribution is -0.148. The summed E-state index contributed by atoms with van der Waals surface area (Å²) in [6, 6.07) is 6.37. The first-order valence-corrected chi connectivity index (χ1v) is 6.25. The van der Waals surface area contributed by atoms with Crippen LogP contribution in [0.3, 0.4) is 0 Å². The summed E-state index contributed by atoms with van der Waals surface area (Å²) in [6.45, 7) is 5.96. The van der Waals surface area contributed by atoms with Crippen molar-refractivity contribution in [2.45, 2.75) is 19.4 Å². The van der Waals surface area contributed by atoms with Crippen molar-refractivity contribution in [1.82, 2.24) is 4.90 Å². The molecule has 0 aliphatic carbocycles. The van der Waals surface area contributed by atoms with Crippen LogP contribution in [0.25, 0.3) is 0 Å². The molecule has 1 saturated heterocycles. The Labute approximate surface area is 112 Å². The summed E-state index contributed by atoms with van der Waals surface area (Å²) in [6.07, 6.45) is 2.06. The van der Waals surface area contributed by atoms with E-state index in [2.05, 4.69) is 6.58 Å². The zero-order valence-electron chi connectivity index (χ0n) is 10.9. The highest BCUT2D eigenvalue weighted by Gasteiger charge is 2.37. The van der Waals surface area contributed by atoms with Gasteiger partial charge in [-0.1, -0.05) is 30.3 Å². The predicted molar refractivity (Wildman–Crippen MR) is 71.6 cm³/mol. The number of hydrogen-bond acceptors (Lipinski definition) is 2. The molecule has 100 valence electrons.